The highest BCUT2D eigenvalue weighted by molar-refractivity contribution is 5.79. The Balaban J connectivity index is 1.39. The van der Waals surface area contributed by atoms with Crippen molar-refractivity contribution in [3.05, 3.63) is 35.9 Å². The van der Waals surface area contributed by atoms with Crippen molar-refractivity contribution in [3.8, 4) is 0 Å². The fourth-order valence-corrected chi connectivity index (χ4v) is 4.35. The van der Waals surface area contributed by atoms with Gasteiger partial charge in [0, 0.05) is 38.6 Å². The normalized spacial score (nSPS) is 19.7. The highest BCUT2D eigenvalue weighted by Crippen LogP contribution is 2.24. The summed E-state index contributed by atoms with van der Waals surface area (Å²) < 4.78 is 10.7. The second-order valence-corrected chi connectivity index (χ2v) is 9.98. The van der Waals surface area contributed by atoms with Crippen LogP contribution in [0.15, 0.2) is 30.3 Å². The van der Waals surface area contributed by atoms with Crippen LogP contribution in [0.5, 0.6) is 0 Å². The van der Waals surface area contributed by atoms with E-state index in [0.717, 1.165) is 24.9 Å². The van der Waals surface area contributed by atoms with Gasteiger partial charge in [-0.25, -0.2) is 9.59 Å². The molecule has 0 radical (unpaired) electrons. The Morgan fingerprint density at radius 1 is 1.00 bits per heavy atom. The van der Waals surface area contributed by atoms with Crippen molar-refractivity contribution < 1.29 is 23.9 Å². The summed E-state index contributed by atoms with van der Waals surface area (Å²) in [6.07, 6.45) is 2.46. The fourth-order valence-electron chi connectivity index (χ4n) is 4.35. The van der Waals surface area contributed by atoms with Gasteiger partial charge in [0.25, 0.3) is 0 Å². The van der Waals surface area contributed by atoms with E-state index < -0.39 is 11.7 Å². The minimum Gasteiger partial charge on any atom is -0.445 e. The van der Waals surface area contributed by atoms with Gasteiger partial charge >= 0.3 is 12.2 Å². The number of hydrogen-bond acceptors (Lipinski definition) is 5. The molecule has 0 saturated carbocycles. The number of benzene rings is 1. The molecule has 2 aliphatic rings. The minimum atomic E-state index is -0.526. The lowest BCUT2D eigenvalue weighted by Gasteiger charge is -2.37. The van der Waals surface area contributed by atoms with Crippen LogP contribution in [0.25, 0.3) is 0 Å². The molecule has 0 spiro atoms. The lowest BCUT2D eigenvalue weighted by molar-refractivity contribution is -0.138. The van der Waals surface area contributed by atoms with Crippen LogP contribution < -0.4 is 5.32 Å². The molecule has 8 nitrogen and oxygen atoms in total. The predicted molar refractivity (Wildman–Crippen MR) is 124 cm³/mol. The molecule has 1 aromatic carbocycles. The van der Waals surface area contributed by atoms with Gasteiger partial charge in [0.1, 0.15) is 12.2 Å². The highest BCUT2D eigenvalue weighted by atomic mass is 16.6. The van der Waals surface area contributed by atoms with Gasteiger partial charge < -0.3 is 24.6 Å². The molecule has 33 heavy (non-hydrogen) atoms. The van der Waals surface area contributed by atoms with Gasteiger partial charge in [0.05, 0.1) is 0 Å². The maximum absolute atomic E-state index is 13.1. The molecular weight excluding hydrogens is 422 g/mol. The van der Waals surface area contributed by atoms with E-state index in [2.05, 4.69) is 5.32 Å². The predicted octanol–water partition coefficient (Wildman–Crippen LogP) is 3.80. The largest absolute Gasteiger partial charge is 0.445 e. The number of alkyl carbamates (subject to hydrolysis) is 1. The SMILES string of the molecule is CC(C)(C)OC(=O)NCC1CCCN(C(=O)C2CCN(C(=O)OCc3ccccc3)CC2)C1. The Morgan fingerprint density at radius 3 is 2.36 bits per heavy atom. The summed E-state index contributed by atoms with van der Waals surface area (Å²) >= 11 is 0. The number of hydrogen-bond donors (Lipinski definition) is 1. The van der Waals surface area contributed by atoms with E-state index in [9.17, 15) is 14.4 Å². The molecule has 2 fully saturated rings. The Hall–Kier alpha value is -2.77. The number of nitrogens with zero attached hydrogens (tertiary/aromatic N) is 2. The van der Waals surface area contributed by atoms with Crippen LogP contribution in [0, 0.1) is 11.8 Å². The highest BCUT2D eigenvalue weighted by Gasteiger charge is 2.33. The third kappa shape index (κ3) is 7.94. The molecule has 1 N–H and O–H groups in total. The van der Waals surface area contributed by atoms with Crippen LogP contribution in [0.4, 0.5) is 9.59 Å². The molecule has 2 saturated heterocycles. The Morgan fingerprint density at radius 2 is 1.70 bits per heavy atom. The van der Waals surface area contributed by atoms with Crippen molar-refractivity contribution in [1.82, 2.24) is 15.1 Å². The van der Waals surface area contributed by atoms with Crippen molar-refractivity contribution in [2.75, 3.05) is 32.7 Å². The first-order chi connectivity index (χ1) is 15.7. The fraction of sp³-hybridized carbons (Fsp3) is 0.640. The van der Waals surface area contributed by atoms with E-state index in [1.54, 1.807) is 4.90 Å². The molecule has 0 bridgehead atoms. The Kier molecular flexibility index (Phi) is 8.58. The number of ether oxygens (including phenoxy) is 2. The number of likely N-dealkylation sites (tertiary alicyclic amines) is 2. The Labute approximate surface area is 196 Å². The van der Waals surface area contributed by atoms with E-state index in [0.29, 0.717) is 39.0 Å². The molecule has 2 aliphatic heterocycles. The quantitative estimate of drug-likeness (QED) is 0.724. The zero-order valence-corrected chi connectivity index (χ0v) is 20.0. The molecule has 3 rings (SSSR count). The summed E-state index contributed by atoms with van der Waals surface area (Å²) in [5.74, 6) is 0.318. The standard InChI is InChI=1S/C25H37N3O5/c1-25(2,3)33-23(30)26-16-20-10-7-13-28(17-20)22(29)21-11-14-27(15-12-21)24(31)32-18-19-8-5-4-6-9-19/h4-6,8-9,20-21H,7,10-18H2,1-3H3,(H,26,30). The van der Waals surface area contributed by atoms with Gasteiger partial charge in [-0.3, -0.25) is 4.79 Å². The maximum atomic E-state index is 13.1. The van der Waals surface area contributed by atoms with Crippen molar-refractivity contribution in [1.29, 1.82) is 0 Å². The maximum Gasteiger partial charge on any atom is 0.410 e. The number of carbonyl (C=O) groups excluding carboxylic acids is 3. The van der Waals surface area contributed by atoms with E-state index in [4.69, 9.17) is 9.47 Å². The van der Waals surface area contributed by atoms with Crippen molar-refractivity contribution >= 4 is 18.1 Å². The molecule has 1 atom stereocenters. The minimum absolute atomic E-state index is 0.0688. The zero-order chi connectivity index (χ0) is 23.8. The molecule has 1 unspecified atom stereocenters. The second kappa shape index (κ2) is 11.4. The summed E-state index contributed by atoms with van der Waals surface area (Å²) in [5, 5.41) is 2.83. The number of piperidine rings is 2. The molecule has 182 valence electrons. The zero-order valence-electron chi connectivity index (χ0n) is 20.0. The van der Waals surface area contributed by atoms with Crippen LogP contribution in [-0.2, 0) is 20.9 Å². The van der Waals surface area contributed by atoms with Crippen LogP contribution in [0.2, 0.25) is 0 Å². The van der Waals surface area contributed by atoms with Crippen LogP contribution in [-0.4, -0.2) is 66.2 Å². The van der Waals surface area contributed by atoms with Crippen LogP contribution in [0.1, 0.15) is 52.0 Å². The van der Waals surface area contributed by atoms with Gasteiger partial charge in [0.2, 0.25) is 5.91 Å². The molecule has 2 heterocycles. The lowest BCUT2D eigenvalue weighted by atomic mass is 9.92. The molecule has 0 aliphatic carbocycles. The molecule has 3 amide bonds. The third-order valence-corrected chi connectivity index (χ3v) is 6.07. The van der Waals surface area contributed by atoms with Gasteiger partial charge in [-0.1, -0.05) is 30.3 Å². The topological polar surface area (TPSA) is 88.2 Å². The summed E-state index contributed by atoms with van der Waals surface area (Å²) in [6, 6.07) is 9.60. The summed E-state index contributed by atoms with van der Waals surface area (Å²) in [4.78, 5) is 41.0. The average Bonchev–Trinajstić information content (AvgIpc) is 2.80. The van der Waals surface area contributed by atoms with Crippen LogP contribution >= 0.6 is 0 Å². The summed E-state index contributed by atoms with van der Waals surface area (Å²) in [7, 11) is 0. The first-order valence-corrected chi connectivity index (χ1v) is 11.9. The van der Waals surface area contributed by atoms with E-state index in [1.165, 1.54) is 0 Å². The number of nitrogens with one attached hydrogen (secondary N) is 1. The first kappa shape index (κ1) is 24.9. The first-order valence-electron chi connectivity index (χ1n) is 11.9. The Bertz CT molecular complexity index is 800. The lowest BCUT2D eigenvalue weighted by Crippen LogP contribution is -2.48. The number of carbonyl (C=O) groups is 3. The molecule has 0 aromatic heterocycles. The van der Waals surface area contributed by atoms with Crippen LogP contribution in [0.3, 0.4) is 0 Å². The number of amides is 3. The van der Waals surface area contributed by atoms with Gasteiger partial charge in [-0.15, -0.1) is 0 Å². The van der Waals surface area contributed by atoms with Gasteiger partial charge in [-0.05, 0) is 57.9 Å². The molecule has 8 heteroatoms. The second-order valence-electron chi connectivity index (χ2n) is 9.98. The smallest absolute Gasteiger partial charge is 0.410 e. The van der Waals surface area contributed by atoms with E-state index >= 15 is 0 Å². The summed E-state index contributed by atoms with van der Waals surface area (Å²) in [6.45, 7) is 8.72. The van der Waals surface area contributed by atoms with Gasteiger partial charge in [0.15, 0.2) is 0 Å². The van der Waals surface area contributed by atoms with Crippen molar-refractivity contribution in [2.45, 2.75) is 58.7 Å². The van der Waals surface area contributed by atoms with E-state index in [1.807, 2.05) is 56.0 Å². The average molecular weight is 460 g/mol. The molecular formula is C25H37N3O5. The van der Waals surface area contributed by atoms with Crippen molar-refractivity contribution in [2.24, 2.45) is 11.8 Å². The van der Waals surface area contributed by atoms with Gasteiger partial charge in [-0.2, -0.15) is 0 Å². The molecule has 1 aromatic rings. The third-order valence-electron chi connectivity index (χ3n) is 6.07. The monoisotopic (exact) mass is 459 g/mol. The number of rotatable bonds is 5. The van der Waals surface area contributed by atoms with Crippen molar-refractivity contribution in [3.63, 3.8) is 0 Å². The summed E-state index contributed by atoms with van der Waals surface area (Å²) in [5.41, 5.74) is 0.429. The van der Waals surface area contributed by atoms with E-state index in [-0.39, 0.29) is 30.4 Å².